The van der Waals surface area contributed by atoms with Crippen molar-refractivity contribution >= 4 is 0 Å². The van der Waals surface area contributed by atoms with Gasteiger partial charge >= 0.3 is 0 Å². The van der Waals surface area contributed by atoms with Crippen molar-refractivity contribution < 1.29 is 18.9 Å². The molecule has 4 nitrogen and oxygen atoms in total. The van der Waals surface area contributed by atoms with Crippen LogP contribution in [-0.4, -0.2) is 26.1 Å². The Morgan fingerprint density at radius 3 is 2.52 bits per heavy atom. The Kier molecular flexibility index (Phi) is 6.08. The van der Waals surface area contributed by atoms with Gasteiger partial charge in [-0.1, -0.05) is 30.3 Å². The maximum absolute atomic E-state index is 5.87. The van der Waals surface area contributed by atoms with Crippen molar-refractivity contribution in [3.8, 4) is 0 Å². The number of allylic oxidation sites excluding steroid dienone is 1. The van der Waals surface area contributed by atoms with Crippen LogP contribution in [-0.2, 0) is 25.6 Å². The Bertz CT molecular complexity index is 443. The monoisotopic (exact) mass is 292 g/mol. The highest BCUT2D eigenvalue weighted by atomic mass is 16.8. The highest BCUT2D eigenvalue weighted by Crippen LogP contribution is 2.21. The number of benzene rings is 1. The minimum Gasteiger partial charge on any atom is -0.469 e. The third kappa shape index (κ3) is 5.06. The van der Waals surface area contributed by atoms with E-state index in [1.807, 2.05) is 32.0 Å². The highest BCUT2D eigenvalue weighted by molar-refractivity contribution is 5.13. The molecular formula is C17H24O4. The molecule has 1 heterocycles. The number of hydrogen-bond donors (Lipinski definition) is 0. The van der Waals surface area contributed by atoms with Gasteiger partial charge in [0.1, 0.15) is 0 Å². The van der Waals surface area contributed by atoms with Crippen LogP contribution >= 0.6 is 0 Å². The zero-order valence-corrected chi connectivity index (χ0v) is 13.0. The lowest BCUT2D eigenvalue weighted by molar-refractivity contribution is -0.197. The first kappa shape index (κ1) is 15.9. The standard InChI is InChI=1S/C17H24O4/c1-13(2)17(18-3)21-16-10-9-15(12-20-16)19-11-14-7-5-4-6-8-14/h4-8,15-16H,9-12H2,1-3H3/t15-,16-/m0/s1. The molecule has 0 aromatic heterocycles. The van der Waals surface area contributed by atoms with E-state index in [0.717, 1.165) is 18.4 Å². The Balaban J connectivity index is 1.72. The van der Waals surface area contributed by atoms with E-state index in [4.69, 9.17) is 18.9 Å². The fourth-order valence-electron chi connectivity index (χ4n) is 2.21. The molecule has 116 valence electrons. The molecule has 0 saturated carbocycles. The van der Waals surface area contributed by atoms with Crippen LogP contribution in [0.25, 0.3) is 0 Å². The molecule has 1 aliphatic heterocycles. The Hall–Kier alpha value is -1.52. The number of rotatable bonds is 6. The fourth-order valence-corrected chi connectivity index (χ4v) is 2.21. The molecule has 1 saturated heterocycles. The maximum atomic E-state index is 5.87. The first-order valence-electron chi connectivity index (χ1n) is 7.34. The van der Waals surface area contributed by atoms with E-state index in [2.05, 4.69) is 12.1 Å². The van der Waals surface area contributed by atoms with Crippen molar-refractivity contribution in [2.45, 2.75) is 45.7 Å². The van der Waals surface area contributed by atoms with Crippen molar-refractivity contribution in [1.82, 2.24) is 0 Å². The largest absolute Gasteiger partial charge is 0.469 e. The Labute approximate surface area is 126 Å². The SMILES string of the molecule is COC(O[C@H]1CC[C@H](OCc2ccccc2)CO1)=C(C)C. The predicted octanol–water partition coefficient (Wildman–Crippen LogP) is 3.62. The van der Waals surface area contributed by atoms with Gasteiger partial charge in [0.15, 0.2) is 0 Å². The lowest BCUT2D eigenvalue weighted by Crippen LogP contribution is -2.33. The average molecular weight is 292 g/mol. The topological polar surface area (TPSA) is 36.9 Å². The third-order valence-corrected chi connectivity index (χ3v) is 3.35. The quantitative estimate of drug-likeness (QED) is 0.750. The molecule has 21 heavy (non-hydrogen) atoms. The van der Waals surface area contributed by atoms with Gasteiger partial charge < -0.3 is 18.9 Å². The smallest absolute Gasteiger partial charge is 0.279 e. The molecule has 0 amide bonds. The number of hydrogen-bond acceptors (Lipinski definition) is 4. The summed E-state index contributed by atoms with van der Waals surface area (Å²) in [4.78, 5) is 0. The second-order valence-electron chi connectivity index (χ2n) is 5.37. The summed E-state index contributed by atoms with van der Waals surface area (Å²) in [6.07, 6.45) is 1.62. The van der Waals surface area contributed by atoms with Gasteiger partial charge in [-0.15, -0.1) is 0 Å². The van der Waals surface area contributed by atoms with Gasteiger partial charge in [-0.25, -0.2) is 0 Å². The molecular weight excluding hydrogens is 268 g/mol. The molecule has 0 aliphatic carbocycles. The van der Waals surface area contributed by atoms with Gasteiger partial charge in [0.2, 0.25) is 6.29 Å². The van der Waals surface area contributed by atoms with E-state index in [9.17, 15) is 0 Å². The normalized spacial score (nSPS) is 21.7. The van der Waals surface area contributed by atoms with Crippen molar-refractivity contribution in [3.63, 3.8) is 0 Å². The van der Waals surface area contributed by atoms with Gasteiger partial charge in [-0.05, 0) is 25.8 Å². The third-order valence-electron chi connectivity index (χ3n) is 3.35. The van der Waals surface area contributed by atoms with Crippen LogP contribution in [0.3, 0.4) is 0 Å². The summed E-state index contributed by atoms with van der Waals surface area (Å²) in [5.41, 5.74) is 2.19. The second kappa shape index (κ2) is 8.05. The first-order valence-corrected chi connectivity index (χ1v) is 7.34. The van der Waals surface area contributed by atoms with E-state index in [1.54, 1.807) is 7.11 Å². The molecule has 0 N–H and O–H groups in total. The van der Waals surface area contributed by atoms with Crippen LogP contribution in [0.5, 0.6) is 0 Å². The van der Waals surface area contributed by atoms with Gasteiger partial charge in [0, 0.05) is 12.0 Å². The van der Waals surface area contributed by atoms with Crippen molar-refractivity contribution in [3.05, 3.63) is 47.4 Å². The van der Waals surface area contributed by atoms with Crippen molar-refractivity contribution in [2.24, 2.45) is 0 Å². The van der Waals surface area contributed by atoms with Crippen LogP contribution in [0.4, 0.5) is 0 Å². The molecule has 0 unspecified atom stereocenters. The summed E-state index contributed by atoms with van der Waals surface area (Å²) >= 11 is 0. The summed E-state index contributed by atoms with van der Waals surface area (Å²) in [6, 6.07) is 10.2. The summed E-state index contributed by atoms with van der Waals surface area (Å²) in [5, 5.41) is 0. The maximum Gasteiger partial charge on any atom is 0.279 e. The fraction of sp³-hybridized carbons (Fsp3) is 0.529. The summed E-state index contributed by atoms with van der Waals surface area (Å²) in [6.45, 7) is 5.08. The average Bonchev–Trinajstić information content (AvgIpc) is 2.52. The molecule has 2 rings (SSSR count). The van der Waals surface area contributed by atoms with Gasteiger partial charge in [0.25, 0.3) is 5.95 Å². The molecule has 1 aromatic rings. The first-order chi connectivity index (χ1) is 10.2. The number of ether oxygens (including phenoxy) is 4. The molecule has 0 radical (unpaired) electrons. The molecule has 4 heteroatoms. The van der Waals surface area contributed by atoms with E-state index in [-0.39, 0.29) is 12.4 Å². The van der Waals surface area contributed by atoms with Crippen LogP contribution < -0.4 is 0 Å². The van der Waals surface area contributed by atoms with Gasteiger partial charge in [-0.2, -0.15) is 0 Å². The molecule has 1 aromatic carbocycles. The lowest BCUT2D eigenvalue weighted by atomic mass is 10.1. The van der Waals surface area contributed by atoms with Crippen molar-refractivity contribution in [1.29, 1.82) is 0 Å². The van der Waals surface area contributed by atoms with Crippen molar-refractivity contribution in [2.75, 3.05) is 13.7 Å². The van der Waals surface area contributed by atoms with E-state index >= 15 is 0 Å². The zero-order chi connectivity index (χ0) is 15.1. The summed E-state index contributed by atoms with van der Waals surface area (Å²) < 4.78 is 22.5. The van der Waals surface area contributed by atoms with E-state index in [1.165, 1.54) is 5.56 Å². The second-order valence-corrected chi connectivity index (χ2v) is 5.37. The van der Waals surface area contributed by atoms with Crippen LogP contribution in [0, 0.1) is 0 Å². The summed E-state index contributed by atoms with van der Waals surface area (Å²) in [5.74, 6) is 0.545. The van der Waals surface area contributed by atoms with E-state index < -0.39 is 0 Å². The van der Waals surface area contributed by atoms with Gasteiger partial charge in [0.05, 0.1) is 26.4 Å². The highest BCUT2D eigenvalue weighted by Gasteiger charge is 2.24. The predicted molar refractivity (Wildman–Crippen MR) is 80.5 cm³/mol. The van der Waals surface area contributed by atoms with Crippen LogP contribution in [0.1, 0.15) is 32.3 Å². The van der Waals surface area contributed by atoms with E-state index in [0.29, 0.717) is 19.2 Å². The summed E-state index contributed by atoms with van der Waals surface area (Å²) in [7, 11) is 1.61. The molecule has 0 spiro atoms. The molecule has 0 bridgehead atoms. The van der Waals surface area contributed by atoms with Gasteiger partial charge in [-0.3, -0.25) is 0 Å². The Morgan fingerprint density at radius 1 is 1.19 bits per heavy atom. The van der Waals surface area contributed by atoms with Crippen LogP contribution in [0.15, 0.2) is 41.9 Å². The molecule has 2 atom stereocenters. The lowest BCUT2D eigenvalue weighted by Gasteiger charge is -2.29. The molecule has 1 fully saturated rings. The van der Waals surface area contributed by atoms with Crippen LogP contribution in [0.2, 0.25) is 0 Å². The zero-order valence-electron chi connectivity index (χ0n) is 13.0. The minimum absolute atomic E-state index is 0.128. The Morgan fingerprint density at radius 2 is 1.95 bits per heavy atom. The number of methoxy groups -OCH3 is 1. The minimum atomic E-state index is -0.244. The molecule has 1 aliphatic rings.